The van der Waals surface area contributed by atoms with Crippen LogP contribution in [0.15, 0.2) is 29.3 Å². The molecule has 0 unspecified atom stereocenters. The number of anilines is 1. The van der Waals surface area contributed by atoms with Crippen molar-refractivity contribution in [1.29, 1.82) is 0 Å². The zero-order chi connectivity index (χ0) is 9.10. The third-order valence-corrected chi connectivity index (χ3v) is 2.06. The summed E-state index contributed by atoms with van der Waals surface area (Å²) in [6, 6.07) is 0.330. The number of rotatable bonds is 2. The summed E-state index contributed by atoms with van der Waals surface area (Å²) in [7, 11) is 0. The van der Waals surface area contributed by atoms with Gasteiger partial charge in [-0.3, -0.25) is 4.79 Å². The van der Waals surface area contributed by atoms with Gasteiger partial charge in [0.15, 0.2) is 5.82 Å². The molecule has 0 saturated carbocycles. The molecule has 1 heterocycles. The van der Waals surface area contributed by atoms with Gasteiger partial charge in [0, 0.05) is 18.4 Å². The molecule has 13 heavy (non-hydrogen) atoms. The predicted molar refractivity (Wildman–Crippen MR) is 50.6 cm³/mol. The molecule has 0 bridgehead atoms. The van der Waals surface area contributed by atoms with Crippen molar-refractivity contribution < 1.29 is 0 Å². The van der Waals surface area contributed by atoms with Crippen LogP contribution in [0.2, 0.25) is 0 Å². The van der Waals surface area contributed by atoms with Gasteiger partial charge in [-0.1, -0.05) is 12.2 Å². The van der Waals surface area contributed by atoms with Crippen molar-refractivity contribution in [2.45, 2.75) is 18.9 Å². The first-order valence-electron chi connectivity index (χ1n) is 4.31. The van der Waals surface area contributed by atoms with Crippen LogP contribution < -0.4 is 10.9 Å². The molecule has 0 aliphatic heterocycles. The number of hydrogen-bond acceptors (Lipinski definition) is 3. The fourth-order valence-electron chi connectivity index (χ4n) is 1.38. The van der Waals surface area contributed by atoms with E-state index < -0.39 is 0 Å². The highest BCUT2D eigenvalue weighted by molar-refractivity contribution is 5.32. The summed E-state index contributed by atoms with van der Waals surface area (Å²) in [5.41, 5.74) is -0.158. The van der Waals surface area contributed by atoms with E-state index in [9.17, 15) is 4.79 Å². The molecule has 4 heteroatoms. The third-order valence-electron chi connectivity index (χ3n) is 2.06. The molecule has 0 saturated heterocycles. The molecular formula is C9H11N3O. The molecule has 1 aliphatic rings. The van der Waals surface area contributed by atoms with Crippen molar-refractivity contribution in [1.82, 2.24) is 9.97 Å². The number of H-pyrrole nitrogens is 1. The molecule has 4 nitrogen and oxygen atoms in total. The monoisotopic (exact) mass is 177 g/mol. The minimum absolute atomic E-state index is 0.158. The van der Waals surface area contributed by atoms with Crippen LogP contribution in [0.1, 0.15) is 12.8 Å². The molecule has 0 aromatic carbocycles. The number of nitrogens with one attached hydrogen (secondary N) is 2. The van der Waals surface area contributed by atoms with Gasteiger partial charge in [0.1, 0.15) is 0 Å². The summed E-state index contributed by atoms with van der Waals surface area (Å²) in [4.78, 5) is 17.7. The SMILES string of the molecule is O=c1[nH]ccnc1NC1CC=CC1. The molecule has 2 N–H and O–H groups in total. The number of hydrogen-bond donors (Lipinski definition) is 2. The van der Waals surface area contributed by atoms with Crippen LogP contribution in [-0.2, 0) is 0 Å². The lowest BCUT2D eigenvalue weighted by atomic mass is 10.2. The molecule has 1 aromatic rings. The van der Waals surface area contributed by atoms with Gasteiger partial charge in [-0.2, -0.15) is 0 Å². The van der Waals surface area contributed by atoms with E-state index in [-0.39, 0.29) is 5.56 Å². The Morgan fingerprint density at radius 3 is 2.92 bits per heavy atom. The molecule has 0 atom stereocenters. The predicted octanol–water partition coefficient (Wildman–Crippen LogP) is 0.900. The lowest BCUT2D eigenvalue weighted by Gasteiger charge is -2.10. The first kappa shape index (κ1) is 8.04. The van der Waals surface area contributed by atoms with Crippen molar-refractivity contribution in [2.75, 3.05) is 5.32 Å². The average molecular weight is 177 g/mol. The van der Waals surface area contributed by atoms with Crippen LogP contribution in [0.3, 0.4) is 0 Å². The number of nitrogens with zero attached hydrogens (tertiary/aromatic N) is 1. The molecular weight excluding hydrogens is 166 g/mol. The second-order valence-electron chi connectivity index (χ2n) is 3.05. The topological polar surface area (TPSA) is 57.8 Å². The number of aromatic amines is 1. The van der Waals surface area contributed by atoms with Crippen LogP contribution in [0.5, 0.6) is 0 Å². The summed E-state index contributed by atoms with van der Waals surface area (Å²) in [5, 5.41) is 3.09. The van der Waals surface area contributed by atoms with Crippen LogP contribution in [-0.4, -0.2) is 16.0 Å². The van der Waals surface area contributed by atoms with E-state index in [1.165, 1.54) is 6.20 Å². The van der Waals surface area contributed by atoms with E-state index in [0.29, 0.717) is 11.9 Å². The smallest absolute Gasteiger partial charge is 0.290 e. The second-order valence-corrected chi connectivity index (χ2v) is 3.05. The Labute approximate surface area is 75.7 Å². The fraction of sp³-hybridized carbons (Fsp3) is 0.333. The maximum absolute atomic E-state index is 11.2. The van der Waals surface area contributed by atoms with Gasteiger partial charge >= 0.3 is 0 Å². The first-order valence-corrected chi connectivity index (χ1v) is 4.31. The summed E-state index contributed by atoms with van der Waals surface area (Å²) in [6.45, 7) is 0. The zero-order valence-electron chi connectivity index (χ0n) is 7.16. The molecule has 0 spiro atoms. The van der Waals surface area contributed by atoms with Gasteiger partial charge in [-0.15, -0.1) is 0 Å². The van der Waals surface area contributed by atoms with E-state index >= 15 is 0 Å². The largest absolute Gasteiger partial charge is 0.362 e. The van der Waals surface area contributed by atoms with Crippen LogP contribution in [0.25, 0.3) is 0 Å². The van der Waals surface area contributed by atoms with Gasteiger partial charge in [0.05, 0.1) is 0 Å². The Bertz CT molecular complexity index is 361. The quantitative estimate of drug-likeness (QED) is 0.660. The van der Waals surface area contributed by atoms with Crippen molar-refractivity contribution >= 4 is 5.82 Å². The van der Waals surface area contributed by atoms with Crippen LogP contribution in [0.4, 0.5) is 5.82 Å². The fourth-order valence-corrected chi connectivity index (χ4v) is 1.38. The van der Waals surface area contributed by atoms with Gasteiger partial charge in [0.2, 0.25) is 0 Å². The standard InChI is InChI=1S/C9H11N3O/c13-9-8(10-5-6-11-9)12-7-3-1-2-4-7/h1-2,5-7H,3-4H2,(H,10,12)(H,11,13). The van der Waals surface area contributed by atoms with Crippen molar-refractivity contribution in [3.05, 3.63) is 34.9 Å². The summed E-state index contributed by atoms with van der Waals surface area (Å²) in [6.07, 6.45) is 9.25. The number of aromatic nitrogens is 2. The van der Waals surface area contributed by atoms with Crippen molar-refractivity contribution in [3.8, 4) is 0 Å². The van der Waals surface area contributed by atoms with Gasteiger partial charge in [0.25, 0.3) is 5.56 Å². The van der Waals surface area contributed by atoms with Gasteiger partial charge in [-0.25, -0.2) is 4.98 Å². The molecule has 68 valence electrons. The van der Waals surface area contributed by atoms with Crippen LogP contribution >= 0.6 is 0 Å². The Balaban J connectivity index is 2.09. The highest BCUT2D eigenvalue weighted by atomic mass is 16.1. The highest BCUT2D eigenvalue weighted by Gasteiger charge is 2.11. The minimum atomic E-state index is -0.158. The zero-order valence-corrected chi connectivity index (χ0v) is 7.16. The normalized spacial score (nSPS) is 16.3. The molecule has 2 rings (SSSR count). The van der Waals surface area contributed by atoms with E-state index in [0.717, 1.165) is 12.8 Å². The molecule has 0 radical (unpaired) electrons. The van der Waals surface area contributed by atoms with E-state index in [4.69, 9.17) is 0 Å². The lowest BCUT2D eigenvalue weighted by molar-refractivity contribution is 0.777. The summed E-state index contributed by atoms with van der Waals surface area (Å²) in [5.74, 6) is 0.413. The Morgan fingerprint density at radius 1 is 1.46 bits per heavy atom. The molecule has 1 aromatic heterocycles. The summed E-state index contributed by atoms with van der Waals surface area (Å²) < 4.78 is 0. The van der Waals surface area contributed by atoms with Crippen LogP contribution in [0, 0.1) is 0 Å². The molecule has 1 aliphatic carbocycles. The third kappa shape index (κ3) is 1.77. The molecule has 0 fully saturated rings. The van der Waals surface area contributed by atoms with E-state index in [1.807, 2.05) is 0 Å². The first-order chi connectivity index (χ1) is 6.36. The lowest BCUT2D eigenvalue weighted by Crippen LogP contribution is -2.22. The van der Waals surface area contributed by atoms with E-state index in [2.05, 4.69) is 27.4 Å². The Hall–Kier alpha value is -1.58. The minimum Gasteiger partial charge on any atom is -0.362 e. The highest BCUT2D eigenvalue weighted by Crippen LogP contribution is 2.12. The van der Waals surface area contributed by atoms with Crippen molar-refractivity contribution in [3.63, 3.8) is 0 Å². The molecule has 0 amide bonds. The maximum Gasteiger partial charge on any atom is 0.290 e. The van der Waals surface area contributed by atoms with Crippen molar-refractivity contribution in [2.24, 2.45) is 0 Å². The Morgan fingerprint density at radius 2 is 2.23 bits per heavy atom. The second kappa shape index (κ2) is 3.43. The average Bonchev–Trinajstić information content (AvgIpc) is 2.61. The van der Waals surface area contributed by atoms with Gasteiger partial charge < -0.3 is 10.3 Å². The van der Waals surface area contributed by atoms with E-state index in [1.54, 1.807) is 6.20 Å². The maximum atomic E-state index is 11.2. The van der Waals surface area contributed by atoms with Gasteiger partial charge in [-0.05, 0) is 12.8 Å². The Kier molecular flexibility index (Phi) is 2.12. The summed E-state index contributed by atoms with van der Waals surface area (Å²) >= 11 is 0.